The number of nitrogens with one attached hydrogen (secondary N) is 1. The van der Waals surface area contributed by atoms with Crippen molar-refractivity contribution < 1.29 is 9.53 Å². The Kier molecular flexibility index (Phi) is 6.16. The standard InChI is InChI=1S/C22H15Cl3N2O2S/c1-12-8-14(6-7-16(12)24)29-11-20(28)27-21-15(9-13(23)10-17(21)25)22-26-18-4-2-3-5-19(18)30-22/h2-10H,11H2,1H3,(H,27,28). The van der Waals surface area contributed by atoms with E-state index in [1.807, 2.05) is 31.2 Å². The lowest BCUT2D eigenvalue weighted by molar-refractivity contribution is -0.118. The maximum Gasteiger partial charge on any atom is 0.262 e. The highest BCUT2D eigenvalue weighted by Crippen LogP contribution is 2.40. The van der Waals surface area contributed by atoms with E-state index in [1.165, 1.54) is 11.3 Å². The summed E-state index contributed by atoms with van der Waals surface area (Å²) < 4.78 is 6.61. The number of amides is 1. The number of aromatic nitrogens is 1. The Morgan fingerprint density at radius 3 is 2.63 bits per heavy atom. The number of hydrogen-bond acceptors (Lipinski definition) is 4. The molecule has 30 heavy (non-hydrogen) atoms. The number of carbonyl (C=O) groups is 1. The van der Waals surface area contributed by atoms with Crippen LogP contribution < -0.4 is 10.1 Å². The van der Waals surface area contributed by atoms with E-state index in [1.54, 1.807) is 30.3 Å². The third-order valence-corrected chi connectivity index (χ3v) is 6.35. The van der Waals surface area contributed by atoms with Crippen molar-refractivity contribution in [2.75, 3.05) is 11.9 Å². The molecule has 1 aromatic heterocycles. The van der Waals surface area contributed by atoms with E-state index in [-0.39, 0.29) is 12.5 Å². The molecule has 0 aliphatic carbocycles. The highest BCUT2D eigenvalue weighted by molar-refractivity contribution is 7.21. The van der Waals surface area contributed by atoms with Gasteiger partial charge in [-0.2, -0.15) is 0 Å². The second-order valence-electron chi connectivity index (χ2n) is 6.54. The molecule has 8 heteroatoms. The fourth-order valence-electron chi connectivity index (χ4n) is 2.89. The smallest absolute Gasteiger partial charge is 0.262 e. The molecule has 1 heterocycles. The lowest BCUT2D eigenvalue weighted by Crippen LogP contribution is -2.20. The maximum absolute atomic E-state index is 12.6. The number of para-hydroxylation sites is 1. The quantitative estimate of drug-likeness (QED) is 0.329. The number of halogens is 3. The fraction of sp³-hybridized carbons (Fsp3) is 0.0909. The molecule has 0 unspecified atom stereocenters. The van der Waals surface area contributed by atoms with Gasteiger partial charge in [-0.15, -0.1) is 11.3 Å². The topological polar surface area (TPSA) is 51.2 Å². The average molecular weight is 478 g/mol. The van der Waals surface area contributed by atoms with Gasteiger partial charge in [0, 0.05) is 15.6 Å². The van der Waals surface area contributed by atoms with Crippen LogP contribution in [0.15, 0.2) is 54.6 Å². The summed E-state index contributed by atoms with van der Waals surface area (Å²) in [6.07, 6.45) is 0. The van der Waals surface area contributed by atoms with Crippen LogP contribution in [-0.2, 0) is 4.79 Å². The summed E-state index contributed by atoms with van der Waals surface area (Å²) in [5.74, 6) is 0.204. The monoisotopic (exact) mass is 476 g/mol. The van der Waals surface area contributed by atoms with Crippen LogP contribution in [0.1, 0.15) is 5.56 Å². The fourth-order valence-corrected chi connectivity index (χ4v) is 4.53. The van der Waals surface area contributed by atoms with E-state index in [0.29, 0.717) is 37.1 Å². The van der Waals surface area contributed by atoms with Crippen molar-refractivity contribution in [1.29, 1.82) is 0 Å². The predicted octanol–water partition coefficient (Wildman–Crippen LogP) is 7.25. The van der Waals surface area contributed by atoms with Gasteiger partial charge in [-0.05, 0) is 55.0 Å². The van der Waals surface area contributed by atoms with Crippen molar-refractivity contribution in [2.24, 2.45) is 0 Å². The summed E-state index contributed by atoms with van der Waals surface area (Å²) in [5, 5.41) is 4.97. The Morgan fingerprint density at radius 2 is 1.87 bits per heavy atom. The SMILES string of the molecule is Cc1cc(OCC(=O)Nc2c(Cl)cc(Cl)cc2-c2nc3ccccc3s2)ccc1Cl. The lowest BCUT2D eigenvalue weighted by atomic mass is 10.2. The number of aryl methyl sites for hydroxylation is 1. The number of carbonyl (C=O) groups excluding carboxylic acids is 1. The summed E-state index contributed by atoms with van der Waals surface area (Å²) in [6.45, 7) is 1.69. The molecule has 0 radical (unpaired) electrons. The molecule has 4 nitrogen and oxygen atoms in total. The molecule has 4 aromatic rings. The summed E-state index contributed by atoms with van der Waals surface area (Å²) >= 11 is 20.1. The van der Waals surface area contributed by atoms with Gasteiger partial charge in [-0.3, -0.25) is 4.79 Å². The maximum atomic E-state index is 12.6. The first-order valence-electron chi connectivity index (χ1n) is 8.94. The van der Waals surface area contributed by atoms with Gasteiger partial charge in [0.15, 0.2) is 6.61 Å². The van der Waals surface area contributed by atoms with Gasteiger partial charge < -0.3 is 10.1 Å². The zero-order chi connectivity index (χ0) is 21.3. The van der Waals surface area contributed by atoms with Gasteiger partial charge in [-0.1, -0.05) is 46.9 Å². The largest absolute Gasteiger partial charge is 0.484 e. The number of rotatable bonds is 5. The van der Waals surface area contributed by atoms with Crippen molar-refractivity contribution in [3.05, 3.63) is 75.2 Å². The lowest BCUT2D eigenvalue weighted by Gasteiger charge is -2.13. The minimum Gasteiger partial charge on any atom is -0.484 e. The molecule has 1 N–H and O–H groups in total. The number of hydrogen-bond donors (Lipinski definition) is 1. The Labute approximate surface area is 192 Å². The summed E-state index contributed by atoms with van der Waals surface area (Å²) in [7, 11) is 0. The zero-order valence-corrected chi connectivity index (χ0v) is 18.8. The van der Waals surface area contributed by atoms with Crippen LogP contribution in [-0.4, -0.2) is 17.5 Å². The average Bonchev–Trinajstić information content (AvgIpc) is 3.15. The van der Waals surface area contributed by atoms with E-state index in [9.17, 15) is 4.79 Å². The van der Waals surface area contributed by atoms with Crippen molar-refractivity contribution >= 4 is 68.0 Å². The van der Waals surface area contributed by atoms with Crippen LogP contribution in [0.25, 0.3) is 20.8 Å². The molecule has 0 aliphatic rings. The van der Waals surface area contributed by atoms with E-state index < -0.39 is 0 Å². The number of benzene rings is 3. The molecule has 1 amide bonds. The van der Waals surface area contributed by atoms with Crippen LogP contribution in [0.3, 0.4) is 0 Å². The predicted molar refractivity (Wildman–Crippen MR) is 125 cm³/mol. The highest BCUT2D eigenvalue weighted by atomic mass is 35.5. The molecular weight excluding hydrogens is 463 g/mol. The van der Waals surface area contributed by atoms with E-state index >= 15 is 0 Å². The highest BCUT2D eigenvalue weighted by Gasteiger charge is 2.17. The summed E-state index contributed by atoms with van der Waals surface area (Å²) in [4.78, 5) is 17.2. The third-order valence-electron chi connectivity index (χ3n) is 4.34. The van der Waals surface area contributed by atoms with Crippen molar-refractivity contribution in [3.63, 3.8) is 0 Å². The number of ether oxygens (including phenoxy) is 1. The van der Waals surface area contributed by atoms with Gasteiger partial charge in [0.2, 0.25) is 0 Å². The summed E-state index contributed by atoms with van der Waals surface area (Å²) in [5.41, 5.74) is 2.84. The van der Waals surface area contributed by atoms with Gasteiger partial charge in [0.25, 0.3) is 5.91 Å². The van der Waals surface area contributed by atoms with Gasteiger partial charge in [0.1, 0.15) is 10.8 Å². The molecule has 0 fully saturated rings. The second kappa shape index (κ2) is 8.82. The van der Waals surface area contributed by atoms with E-state index in [0.717, 1.165) is 15.8 Å². The molecule has 3 aromatic carbocycles. The van der Waals surface area contributed by atoms with E-state index in [4.69, 9.17) is 39.5 Å². The van der Waals surface area contributed by atoms with Crippen LogP contribution in [0, 0.1) is 6.92 Å². The van der Waals surface area contributed by atoms with Crippen LogP contribution in [0.5, 0.6) is 5.75 Å². The molecular formula is C22H15Cl3N2O2S. The van der Waals surface area contributed by atoms with Crippen LogP contribution >= 0.6 is 46.1 Å². The first-order chi connectivity index (χ1) is 14.4. The molecule has 0 atom stereocenters. The van der Waals surface area contributed by atoms with Gasteiger partial charge in [-0.25, -0.2) is 4.98 Å². The van der Waals surface area contributed by atoms with Crippen molar-refractivity contribution in [3.8, 4) is 16.3 Å². The number of thiazole rings is 1. The van der Waals surface area contributed by atoms with Gasteiger partial charge >= 0.3 is 0 Å². The Balaban J connectivity index is 1.58. The first kappa shape index (κ1) is 20.9. The molecule has 0 saturated carbocycles. The molecule has 152 valence electrons. The summed E-state index contributed by atoms with van der Waals surface area (Å²) in [6, 6.07) is 16.3. The normalized spacial score (nSPS) is 10.9. The Morgan fingerprint density at radius 1 is 1.07 bits per heavy atom. The Bertz CT molecular complexity index is 1220. The van der Waals surface area contributed by atoms with E-state index in [2.05, 4.69) is 10.3 Å². The minimum absolute atomic E-state index is 0.181. The first-order valence-corrected chi connectivity index (χ1v) is 10.9. The molecule has 4 rings (SSSR count). The van der Waals surface area contributed by atoms with Gasteiger partial charge in [0.05, 0.1) is 20.9 Å². The van der Waals surface area contributed by atoms with Crippen LogP contribution in [0.4, 0.5) is 5.69 Å². The third kappa shape index (κ3) is 4.55. The van der Waals surface area contributed by atoms with Crippen LogP contribution in [0.2, 0.25) is 15.1 Å². The molecule has 0 bridgehead atoms. The molecule has 0 saturated heterocycles. The van der Waals surface area contributed by atoms with Crippen molar-refractivity contribution in [2.45, 2.75) is 6.92 Å². The zero-order valence-electron chi connectivity index (χ0n) is 15.7. The second-order valence-corrected chi connectivity index (χ2v) is 8.83. The number of anilines is 1. The molecule has 0 aliphatic heterocycles. The number of fused-ring (bicyclic) bond motifs is 1. The Hall–Kier alpha value is -2.31. The number of nitrogens with zero attached hydrogens (tertiary/aromatic N) is 1. The molecule has 0 spiro atoms. The minimum atomic E-state index is -0.353. The van der Waals surface area contributed by atoms with Crippen molar-refractivity contribution in [1.82, 2.24) is 4.98 Å².